The van der Waals surface area contributed by atoms with Crippen LogP contribution in [0.2, 0.25) is 5.02 Å². The fourth-order valence-electron chi connectivity index (χ4n) is 3.61. The third-order valence-corrected chi connectivity index (χ3v) is 7.92. The topological polar surface area (TPSA) is 87.7 Å². The van der Waals surface area contributed by atoms with Gasteiger partial charge in [-0.2, -0.15) is 0 Å². The number of halogens is 1. The van der Waals surface area contributed by atoms with Gasteiger partial charge < -0.3 is 10.1 Å². The van der Waals surface area contributed by atoms with Gasteiger partial charge in [0.05, 0.1) is 24.2 Å². The molecule has 1 amide bonds. The molecule has 3 aromatic rings. The molecule has 1 saturated heterocycles. The predicted octanol–water partition coefficient (Wildman–Crippen LogP) is 4.01. The number of carbonyl (C=O) groups excluding carboxylic acids is 1. The average molecular weight is 506 g/mol. The highest BCUT2D eigenvalue weighted by Gasteiger charge is 2.24. The first-order chi connectivity index (χ1) is 15.9. The van der Waals surface area contributed by atoms with Crippen LogP contribution in [0.15, 0.2) is 70.9 Å². The number of nitrogens with zero attached hydrogens (tertiary/aromatic N) is 1. The summed E-state index contributed by atoms with van der Waals surface area (Å²) in [7, 11) is -3.86. The minimum absolute atomic E-state index is 0.00749. The third-order valence-electron chi connectivity index (χ3n) is 5.32. The largest absolute Gasteiger partial charge is 0.379 e. The highest BCUT2D eigenvalue weighted by Crippen LogP contribution is 2.26. The zero-order chi connectivity index (χ0) is 23.3. The Morgan fingerprint density at radius 3 is 2.55 bits per heavy atom. The zero-order valence-electron chi connectivity index (χ0n) is 17.7. The molecule has 4 rings (SSSR count). The minimum atomic E-state index is -3.86. The molecule has 2 heterocycles. The van der Waals surface area contributed by atoms with Gasteiger partial charge >= 0.3 is 0 Å². The van der Waals surface area contributed by atoms with Gasteiger partial charge in [0.15, 0.2) is 0 Å². The summed E-state index contributed by atoms with van der Waals surface area (Å²) in [6.07, 6.45) is 0. The van der Waals surface area contributed by atoms with Crippen molar-refractivity contribution in [1.29, 1.82) is 0 Å². The van der Waals surface area contributed by atoms with Gasteiger partial charge in [-0.1, -0.05) is 23.7 Å². The standard InChI is InChI=1S/C23H24ClN3O4S2/c24-18-6-8-19(9-7-18)26-33(29,30)20-4-1-3-17(15-20)23(28)25-16-21(22-5-2-14-32-22)27-10-12-31-13-11-27/h1-9,14-15,21,26H,10-13,16H2,(H,25,28). The van der Waals surface area contributed by atoms with Crippen molar-refractivity contribution in [3.05, 3.63) is 81.5 Å². The van der Waals surface area contributed by atoms with E-state index in [9.17, 15) is 13.2 Å². The normalized spacial score (nSPS) is 15.7. The van der Waals surface area contributed by atoms with Gasteiger partial charge in [-0.25, -0.2) is 8.42 Å². The fraction of sp³-hybridized carbons (Fsp3) is 0.261. The number of nitrogens with one attached hydrogen (secondary N) is 2. The van der Waals surface area contributed by atoms with Gasteiger partial charge in [-0.3, -0.25) is 14.4 Å². The Morgan fingerprint density at radius 1 is 1.09 bits per heavy atom. The molecule has 0 saturated carbocycles. The van der Waals surface area contributed by atoms with Gasteiger partial charge in [-0.15, -0.1) is 11.3 Å². The number of anilines is 1. The van der Waals surface area contributed by atoms with E-state index in [-0.39, 0.29) is 22.4 Å². The van der Waals surface area contributed by atoms with Crippen molar-refractivity contribution in [2.75, 3.05) is 37.6 Å². The van der Waals surface area contributed by atoms with Crippen LogP contribution in [0, 0.1) is 0 Å². The van der Waals surface area contributed by atoms with E-state index in [0.717, 1.165) is 13.1 Å². The molecule has 1 aromatic heterocycles. The van der Waals surface area contributed by atoms with Crippen molar-refractivity contribution < 1.29 is 17.9 Å². The average Bonchev–Trinajstić information content (AvgIpc) is 3.36. The second-order valence-corrected chi connectivity index (χ2v) is 10.6. The van der Waals surface area contributed by atoms with Gasteiger partial charge in [0.1, 0.15) is 0 Å². The summed E-state index contributed by atoms with van der Waals surface area (Å²) in [6, 6.07) is 16.4. The highest BCUT2D eigenvalue weighted by molar-refractivity contribution is 7.92. The number of thiophene rings is 1. The van der Waals surface area contributed by atoms with Crippen molar-refractivity contribution in [3.63, 3.8) is 0 Å². The van der Waals surface area contributed by atoms with E-state index >= 15 is 0 Å². The number of hydrogen-bond acceptors (Lipinski definition) is 6. The second-order valence-electron chi connectivity index (χ2n) is 7.53. The van der Waals surface area contributed by atoms with Crippen LogP contribution in [0.5, 0.6) is 0 Å². The maximum Gasteiger partial charge on any atom is 0.261 e. The van der Waals surface area contributed by atoms with Crippen molar-refractivity contribution in [1.82, 2.24) is 10.2 Å². The molecule has 10 heteroatoms. The highest BCUT2D eigenvalue weighted by atomic mass is 35.5. The minimum Gasteiger partial charge on any atom is -0.379 e. The van der Waals surface area contributed by atoms with E-state index in [4.69, 9.17) is 16.3 Å². The maximum absolute atomic E-state index is 12.9. The van der Waals surface area contributed by atoms with Crippen molar-refractivity contribution in [3.8, 4) is 0 Å². The monoisotopic (exact) mass is 505 g/mol. The fourth-order valence-corrected chi connectivity index (χ4v) is 5.70. The first-order valence-electron chi connectivity index (χ1n) is 10.4. The molecule has 1 unspecified atom stereocenters. The summed E-state index contributed by atoms with van der Waals surface area (Å²) in [5.74, 6) is -0.326. The van der Waals surface area contributed by atoms with Crippen LogP contribution >= 0.6 is 22.9 Å². The Labute approximate surface area is 202 Å². The van der Waals surface area contributed by atoms with Crippen molar-refractivity contribution in [2.45, 2.75) is 10.9 Å². The molecule has 2 aromatic carbocycles. The van der Waals surface area contributed by atoms with Crippen LogP contribution in [0.25, 0.3) is 0 Å². The number of sulfonamides is 1. The van der Waals surface area contributed by atoms with Crippen LogP contribution in [0.1, 0.15) is 21.3 Å². The Balaban J connectivity index is 1.46. The number of benzene rings is 2. The van der Waals surface area contributed by atoms with Crippen LogP contribution in [0.4, 0.5) is 5.69 Å². The van der Waals surface area contributed by atoms with Gasteiger partial charge in [0, 0.05) is 40.8 Å². The van der Waals surface area contributed by atoms with E-state index in [1.807, 2.05) is 11.4 Å². The van der Waals surface area contributed by atoms with Gasteiger partial charge in [0.2, 0.25) is 0 Å². The SMILES string of the molecule is O=C(NCC(c1cccs1)N1CCOCC1)c1cccc(S(=O)(=O)Nc2ccc(Cl)cc2)c1. The van der Waals surface area contributed by atoms with E-state index < -0.39 is 10.0 Å². The Bertz CT molecular complexity index is 1180. The van der Waals surface area contributed by atoms with E-state index in [0.29, 0.717) is 30.5 Å². The lowest BCUT2D eigenvalue weighted by molar-refractivity contribution is 0.0169. The predicted molar refractivity (Wildman–Crippen MR) is 130 cm³/mol. The second kappa shape index (κ2) is 10.7. The molecule has 1 aliphatic rings. The molecular formula is C23H24ClN3O4S2. The molecule has 1 aliphatic heterocycles. The molecule has 33 heavy (non-hydrogen) atoms. The number of ether oxygens (including phenoxy) is 1. The molecule has 0 spiro atoms. The van der Waals surface area contributed by atoms with E-state index in [1.54, 1.807) is 47.7 Å². The lowest BCUT2D eigenvalue weighted by atomic mass is 10.1. The summed E-state index contributed by atoms with van der Waals surface area (Å²) < 4.78 is 33.6. The molecule has 2 N–H and O–H groups in total. The Kier molecular flexibility index (Phi) is 7.67. The van der Waals surface area contributed by atoms with Gasteiger partial charge in [-0.05, 0) is 53.9 Å². The first kappa shape index (κ1) is 23.7. The number of hydrogen-bond donors (Lipinski definition) is 2. The van der Waals surface area contributed by atoms with Gasteiger partial charge in [0.25, 0.3) is 15.9 Å². The molecular weight excluding hydrogens is 482 g/mol. The van der Waals surface area contributed by atoms with Crippen LogP contribution in [0.3, 0.4) is 0 Å². The lowest BCUT2D eigenvalue weighted by Gasteiger charge is -2.34. The molecule has 0 aliphatic carbocycles. The maximum atomic E-state index is 12.9. The summed E-state index contributed by atoms with van der Waals surface area (Å²) in [6.45, 7) is 3.33. The van der Waals surface area contributed by atoms with E-state index in [1.165, 1.54) is 17.0 Å². The first-order valence-corrected chi connectivity index (χ1v) is 13.2. The zero-order valence-corrected chi connectivity index (χ0v) is 20.1. The van der Waals surface area contributed by atoms with Crippen molar-refractivity contribution >= 4 is 44.6 Å². The smallest absolute Gasteiger partial charge is 0.261 e. The Hall–Kier alpha value is -2.43. The summed E-state index contributed by atoms with van der Waals surface area (Å²) in [5.41, 5.74) is 0.666. The number of rotatable bonds is 8. The lowest BCUT2D eigenvalue weighted by Crippen LogP contribution is -2.43. The third kappa shape index (κ3) is 6.13. The van der Waals surface area contributed by atoms with Crippen LogP contribution < -0.4 is 10.0 Å². The Morgan fingerprint density at radius 2 is 1.85 bits per heavy atom. The molecule has 0 radical (unpaired) electrons. The molecule has 0 bridgehead atoms. The summed E-state index contributed by atoms with van der Waals surface area (Å²) in [5, 5.41) is 5.50. The van der Waals surface area contributed by atoms with E-state index in [2.05, 4.69) is 21.0 Å². The summed E-state index contributed by atoms with van der Waals surface area (Å²) in [4.78, 5) is 16.4. The molecule has 1 fully saturated rings. The number of morpholine rings is 1. The molecule has 7 nitrogen and oxygen atoms in total. The number of carbonyl (C=O) groups is 1. The van der Waals surface area contributed by atoms with Crippen LogP contribution in [-0.2, 0) is 14.8 Å². The van der Waals surface area contributed by atoms with Crippen LogP contribution in [-0.4, -0.2) is 52.1 Å². The quantitative estimate of drug-likeness (QED) is 0.483. The van der Waals surface area contributed by atoms with Crippen molar-refractivity contribution in [2.24, 2.45) is 0 Å². The summed E-state index contributed by atoms with van der Waals surface area (Å²) >= 11 is 7.51. The molecule has 1 atom stereocenters. The number of amides is 1. The molecule has 174 valence electrons.